The van der Waals surface area contributed by atoms with Crippen molar-refractivity contribution in [2.75, 3.05) is 32.8 Å². The fraction of sp³-hybridized carbons (Fsp3) is 0.857. The lowest BCUT2D eigenvalue weighted by molar-refractivity contribution is -0.165. The lowest BCUT2D eigenvalue weighted by atomic mass is 9.71. The van der Waals surface area contributed by atoms with Gasteiger partial charge in [-0.3, -0.25) is 9.59 Å². The van der Waals surface area contributed by atoms with Gasteiger partial charge in [0.25, 0.3) is 5.92 Å². The molecule has 3 aliphatic rings. The number of hydrogen-bond acceptors (Lipinski definition) is 4. The minimum Gasteiger partial charge on any atom is -0.466 e. The second kappa shape index (κ2) is 4.38. The number of nitrogens with zero attached hydrogens (tertiary/aromatic N) is 1. The second-order valence-electron chi connectivity index (χ2n) is 6.67. The maximum Gasteiger partial charge on any atom is 0.310 e. The van der Waals surface area contributed by atoms with Gasteiger partial charge in [0.15, 0.2) is 0 Å². The van der Waals surface area contributed by atoms with E-state index < -0.39 is 17.2 Å². The van der Waals surface area contributed by atoms with E-state index in [1.165, 1.54) is 11.8 Å². The molecule has 2 saturated heterocycles. The highest BCUT2D eigenvalue weighted by molar-refractivity contribution is 5.88. The average Bonchev–Trinajstić information content (AvgIpc) is 2.76. The quantitative estimate of drug-likeness (QED) is 0.778. The van der Waals surface area contributed by atoms with Crippen molar-refractivity contribution >= 4 is 11.9 Å². The van der Waals surface area contributed by atoms with Crippen LogP contribution in [-0.2, 0) is 14.3 Å². The van der Waals surface area contributed by atoms with Gasteiger partial charge in [-0.2, -0.15) is 0 Å². The van der Waals surface area contributed by atoms with Crippen molar-refractivity contribution in [1.82, 2.24) is 10.2 Å². The van der Waals surface area contributed by atoms with Crippen LogP contribution in [0.25, 0.3) is 0 Å². The van der Waals surface area contributed by atoms with Crippen LogP contribution in [0.4, 0.5) is 8.78 Å². The largest absolute Gasteiger partial charge is 0.466 e. The smallest absolute Gasteiger partial charge is 0.310 e. The van der Waals surface area contributed by atoms with Crippen molar-refractivity contribution in [1.29, 1.82) is 0 Å². The highest BCUT2D eigenvalue weighted by Gasteiger charge is 2.74. The van der Waals surface area contributed by atoms with Crippen molar-refractivity contribution in [3.8, 4) is 0 Å². The van der Waals surface area contributed by atoms with Gasteiger partial charge in [-0.1, -0.05) is 0 Å². The molecule has 1 N–H and O–H groups in total. The van der Waals surface area contributed by atoms with Crippen LogP contribution in [0, 0.1) is 16.7 Å². The molecule has 3 fully saturated rings. The minimum atomic E-state index is -2.89. The van der Waals surface area contributed by atoms with Crippen molar-refractivity contribution in [3.05, 3.63) is 0 Å². The number of likely N-dealkylation sites (tertiary alicyclic amines) is 1. The Morgan fingerprint density at radius 2 is 2.00 bits per heavy atom. The van der Waals surface area contributed by atoms with Crippen molar-refractivity contribution in [2.24, 2.45) is 16.7 Å². The van der Waals surface area contributed by atoms with Crippen LogP contribution in [0.1, 0.15) is 20.3 Å². The molecule has 0 bridgehead atoms. The van der Waals surface area contributed by atoms with Gasteiger partial charge >= 0.3 is 5.97 Å². The molecular formula is C14H20F2N2O3. The molecule has 1 saturated carbocycles. The van der Waals surface area contributed by atoms with Gasteiger partial charge in [0.1, 0.15) is 5.41 Å². The van der Waals surface area contributed by atoms with E-state index in [9.17, 15) is 18.4 Å². The van der Waals surface area contributed by atoms with E-state index in [1.807, 2.05) is 0 Å². The third-order valence-corrected chi connectivity index (χ3v) is 5.16. The van der Waals surface area contributed by atoms with Gasteiger partial charge in [0.05, 0.1) is 12.5 Å². The van der Waals surface area contributed by atoms with E-state index >= 15 is 0 Å². The number of ether oxygens (including phenoxy) is 1. The molecule has 0 radical (unpaired) electrons. The molecule has 5 nitrogen and oxygen atoms in total. The second-order valence-corrected chi connectivity index (χ2v) is 6.67. The monoisotopic (exact) mass is 302 g/mol. The predicted molar refractivity (Wildman–Crippen MR) is 69.7 cm³/mol. The molecule has 1 spiro atoms. The number of nitrogens with one attached hydrogen (secondary N) is 1. The van der Waals surface area contributed by atoms with E-state index in [0.717, 1.165) is 0 Å². The Morgan fingerprint density at radius 1 is 1.38 bits per heavy atom. The number of esters is 1. The first kappa shape index (κ1) is 14.7. The third-order valence-electron chi connectivity index (χ3n) is 5.16. The number of carbonyl (C=O) groups excluding carboxylic acids is 2. The highest BCUT2D eigenvalue weighted by atomic mass is 19.3. The van der Waals surface area contributed by atoms with E-state index in [0.29, 0.717) is 32.8 Å². The molecular weight excluding hydrogens is 282 g/mol. The first-order valence-corrected chi connectivity index (χ1v) is 7.30. The van der Waals surface area contributed by atoms with Crippen LogP contribution < -0.4 is 5.32 Å². The van der Waals surface area contributed by atoms with E-state index in [2.05, 4.69) is 5.32 Å². The molecule has 0 aromatic carbocycles. The van der Waals surface area contributed by atoms with Crippen LogP contribution in [-0.4, -0.2) is 55.5 Å². The first-order chi connectivity index (χ1) is 9.76. The summed E-state index contributed by atoms with van der Waals surface area (Å²) in [6.07, 6.45) is -0.373. The van der Waals surface area contributed by atoms with Crippen LogP contribution in [0.2, 0.25) is 0 Å². The third kappa shape index (κ3) is 1.97. The maximum atomic E-state index is 13.3. The molecule has 118 valence electrons. The van der Waals surface area contributed by atoms with E-state index in [4.69, 9.17) is 4.74 Å². The fourth-order valence-electron chi connectivity index (χ4n) is 3.55. The van der Waals surface area contributed by atoms with E-state index in [-0.39, 0.29) is 23.7 Å². The van der Waals surface area contributed by atoms with Crippen LogP contribution in [0.5, 0.6) is 0 Å². The lowest BCUT2D eigenvalue weighted by Gasteiger charge is -2.50. The summed E-state index contributed by atoms with van der Waals surface area (Å²) in [6.45, 7) is 5.23. The Kier molecular flexibility index (Phi) is 3.06. The number of amides is 1. The molecule has 0 aromatic rings. The summed E-state index contributed by atoms with van der Waals surface area (Å²) in [5.41, 5.74) is -1.89. The first-order valence-electron chi connectivity index (χ1n) is 7.30. The molecule has 21 heavy (non-hydrogen) atoms. The Labute approximate surface area is 122 Å². The van der Waals surface area contributed by atoms with E-state index in [1.54, 1.807) is 6.92 Å². The Hall–Kier alpha value is -1.24. The zero-order chi connectivity index (χ0) is 15.5. The average molecular weight is 302 g/mol. The number of hydrogen-bond donors (Lipinski definition) is 1. The number of alkyl halides is 2. The minimum absolute atomic E-state index is 0.266. The molecule has 2 heterocycles. The Balaban J connectivity index is 1.64. The lowest BCUT2D eigenvalue weighted by Crippen LogP contribution is -2.64. The van der Waals surface area contributed by atoms with Crippen LogP contribution in [0.15, 0.2) is 0 Å². The molecule has 1 aliphatic carbocycles. The van der Waals surface area contributed by atoms with Gasteiger partial charge in [0, 0.05) is 38.0 Å². The van der Waals surface area contributed by atoms with Gasteiger partial charge in [-0.15, -0.1) is 0 Å². The zero-order valence-corrected chi connectivity index (χ0v) is 12.2. The standard InChI is InChI=1S/C14H20F2N2O3/c1-3-21-10(19)9-4-17-6-13(9)7-18(8-13)11(20)12(2)5-14(12,15)16/h9,17H,3-8H2,1-2H3. The van der Waals surface area contributed by atoms with Gasteiger partial charge in [-0.05, 0) is 13.8 Å². The summed E-state index contributed by atoms with van der Waals surface area (Å²) in [4.78, 5) is 25.6. The Bertz CT molecular complexity index is 491. The van der Waals surface area contributed by atoms with Gasteiger partial charge in [-0.25, -0.2) is 8.78 Å². The maximum absolute atomic E-state index is 13.3. The summed E-state index contributed by atoms with van der Waals surface area (Å²) in [6, 6.07) is 0. The molecule has 2 atom stereocenters. The molecule has 1 amide bonds. The van der Waals surface area contributed by atoms with Gasteiger partial charge in [0.2, 0.25) is 5.91 Å². The van der Waals surface area contributed by atoms with Crippen LogP contribution in [0.3, 0.4) is 0 Å². The fourth-order valence-corrected chi connectivity index (χ4v) is 3.55. The van der Waals surface area contributed by atoms with Gasteiger partial charge < -0.3 is 15.0 Å². The summed E-state index contributed by atoms with van der Waals surface area (Å²) in [7, 11) is 0. The summed E-state index contributed by atoms with van der Waals surface area (Å²) >= 11 is 0. The molecule has 0 aromatic heterocycles. The topological polar surface area (TPSA) is 58.6 Å². The normalized spacial score (nSPS) is 35.4. The zero-order valence-electron chi connectivity index (χ0n) is 12.2. The van der Waals surface area contributed by atoms with Crippen molar-refractivity contribution < 1.29 is 23.1 Å². The molecule has 2 aliphatic heterocycles. The van der Waals surface area contributed by atoms with Crippen molar-refractivity contribution in [3.63, 3.8) is 0 Å². The number of carbonyl (C=O) groups is 2. The highest BCUT2D eigenvalue weighted by Crippen LogP contribution is 2.62. The van der Waals surface area contributed by atoms with Crippen LogP contribution >= 0.6 is 0 Å². The SMILES string of the molecule is CCOC(=O)C1CNCC12CN(C(=O)C1(C)CC1(F)F)C2. The molecule has 3 rings (SSSR count). The number of rotatable bonds is 3. The van der Waals surface area contributed by atoms with Crippen molar-refractivity contribution in [2.45, 2.75) is 26.2 Å². The summed E-state index contributed by atoms with van der Waals surface area (Å²) in [5.74, 6) is -3.94. The summed E-state index contributed by atoms with van der Waals surface area (Å²) in [5, 5.41) is 3.15. The predicted octanol–water partition coefficient (Wildman–Crippen LogP) is 0.643. The molecule has 7 heteroatoms. The molecule has 2 unspecified atom stereocenters. The Morgan fingerprint density at radius 3 is 2.52 bits per heavy atom. The number of halogens is 2. The summed E-state index contributed by atoms with van der Waals surface area (Å²) < 4.78 is 31.6.